The largest absolute Gasteiger partial charge is 0.373 e. The number of carbonyl (C=O) groups excluding carboxylic acids is 2. The van der Waals surface area contributed by atoms with E-state index in [1.807, 2.05) is 10.8 Å². The molecule has 1 aromatic carbocycles. The molecule has 0 spiro atoms. The molecule has 3 aliphatic heterocycles. The number of hydrogen-bond acceptors (Lipinski definition) is 6. The molecule has 1 amide bonds. The number of fused-ring (bicyclic) bond motifs is 1. The minimum absolute atomic E-state index is 0.195. The van der Waals surface area contributed by atoms with Crippen molar-refractivity contribution in [3.8, 4) is 0 Å². The number of nitrogens with one attached hydrogen (secondary N) is 2. The number of dihydropyridines is 1. The quantitative estimate of drug-likeness (QED) is 0.669. The Balaban J connectivity index is 1.32. The molecule has 1 saturated carbocycles. The minimum Gasteiger partial charge on any atom is -0.373 e. The van der Waals surface area contributed by atoms with Crippen molar-refractivity contribution in [2.45, 2.75) is 31.8 Å². The number of likely N-dealkylation sites (N-methyl/N-ethyl adjacent to an activating group) is 1. The van der Waals surface area contributed by atoms with Crippen LogP contribution < -0.4 is 10.6 Å². The maximum Gasteiger partial charge on any atom is 0.248 e. The summed E-state index contributed by atoms with van der Waals surface area (Å²) >= 11 is 0. The van der Waals surface area contributed by atoms with E-state index in [0.717, 1.165) is 18.4 Å². The van der Waals surface area contributed by atoms with Crippen LogP contribution in [0.1, 0.15) is 24.8 Å². The third kappa shape index (κ3) is 4.10. The molecule has 3 heterocycles. The smallest absolute Gasteiger partial charge is 0.248 e. The van der Waals surface area contributed by atoms with Gasteiger partial charge in [0.05, 0.1) is 11.4 Å². The molecule has 5 rings (SSSR count). The molecule has 1 aliphatic carbocycles. The first-order chi connectivity index (χ1) is 16.5. The van der Waals surface area contributed by atoms with Crippen LogP contribution in [0.5, 0.6) is 0 Å². The predicted molar refractivity (Wildman–Crippen MR) is 126 cm³/mol. The average molecular weight is 463 g/mol. The topological polar surface area (TPSA) is 86.2 Å². The number of benzene rings is 1. The van der Waals surface area contributed by atoms with E-state index in [-0.39, 0.29) is 23.2 Å². The van der Waals surface area contributed by atoms with Crippen LogP contribution in [0, 0.1) is 11.7 Å². The molecule has 1 fully saturated rings. The highest BCUT2D eigenvalue weighted by atomic mass is 19.1. The van der Waals surface area contributed by atoms with E-state index in [0.29, 0.717) is 42.0 Å². The summed E-state index contributed by atoms with van der Waals surface area (Å²) in [6.45, 7) is 0.868. The van der Waals surface area contributed by atoms with Gasteiger partial charge in [0, 0.05) is 37.2 Å². The van der Waals surface area contributed by atoms with Gasteiger partial charge >= 0.3 is 0 Å². The van der Waals surface area contributed by atoms with Gasteiger partial charge in [-0.15, -0.1) is 0 Å². The fraction of sp³-hybridized carbons (Fsp3) is 0.320. The Hall–Kier alpha value is -3.84. The number of allylic oxidation sites excluding steroid dienone is 4. The normalized spacial score (nSPS) is 23.6. The summed E-state index contributed by atoms with van der Waals surface area (Å²) in [6, 6.07) is 2.60. The lowest BCUT2D eigenvalue weighted by Crippen LogP contribution is -2.31. The molecule has 1 aromatic rings. The summed E-state index contributed by atoms with van der Waals surface area (Å²) in [5.74, 6) is 0.618. The fourth-order valence-electron chi connectivity index (χ4n) is 4.26. The summed E-state index contributed by atoms with van der Waals surface area (Å²) in [5, 5.41) is 5.34. The number of carbonyl (C=O) groups is 1. The molecule has 34 heavy (non-hydrogen) atoms. The first-order valence-electron chi connectivity index (χ1n) is 11.2. The molecular formula is C25H23F2N5O2. The van der Waals surface area contributed by atoms with Gasteiger partial charge in [0.2, 0.25) is 11.9 Å². The van der Waals surface area contributed by atoms with Crippen LogP contribution in [0.25, 0.3) is 0 Å². The second kappa shape index (κ2) is 8.83. The predicted octanol–water partition coefficient (Wildman–Crippen LogP) is 3.52. The summed E-state index contributed by atoms with van der Waals surface area (Å²) in [4.78, 5) is 33.3. The van der Waals surface area contributed by atoms with Crippen LogP contribution in [0.2, 0.25) is 0 Å². The Bertz CT molecular complexity index is 1270. The van der Waals surface area contributed by atoms with Crippen molar-refractivity contribution in [3.63, 3.8) is 0 Å². The molecular weight excluding hydrogens is 440 g/mol. The van der Waals surface area contributed by atoms with Crippen molar-refractivity contribution >= 4 is 34.9 Å². The van der Waals surface area contributed by atoms with Gasteiger partial charge in [0.25, 0.3) is 0 Å². The van der Waals surface area contributed by atoms with Crippen molar-refractivity contribution in [1.29, 1.82) is 0 Å². The van der Waals surface area contributed by atoms with Crippen LogP contribution in [-0.2, 0) is 16.1 Å². The maximum absolute atomic E-state index is 15.3. The first kappa shape index (κ1) is 22.0. The molecule has 4 aliphatic rings. The molecule has 0 bridgehead atoms. The van der Waals surface area contributed by atoms with E-state index in [2.05, 4.69) is 20.6 Å². The summed E-state index contributed by atoms with van der Waals surface area (Å²) in [5.41, 5.74) is 3.13. The standard InChI is InChI=1S/C25H23F2N5O2/c1-28-25(34)19-7-5-17(24(27)31-19)14-8-10-32(11-9-14)12-16-4-6-18-23(21(16)26)30-20(13-33)22(29-18)15-2-3-15/h4-8,10,15,19,30H,2-3,9,11-12H2,1H3,(H,28,34). The Morgan fingerprint density at radius 2 is 2.12 bits per heavy atom. The van der Waals surface area contributed by atoms with Gasteiger partial charge in [-0.25, -0.2) is 19.2 Å². The van der Waals surface area contributed by atoms with Crippen molar-refractivity contribution in [2.75, 3.05) is 18.9 Å². The van der Waals surface area contributed by atoms with Gasteiger partial charge in [-0.1, -0.05) is 12.1 Å². The van der Waals surface area contributed by atoms with Gasteiger partial charge in [-0.2, -0.15) is 4.39 Å². The van der Waals surface area contributed by atoms with Crippen molar-refractivity contribution in [3.05, 3.63) is 64.8 Å². The highest BCUT2D eigenvalue weighted by Gasteiger charge is 2.34. The second-order valence-electron chi connectivity index (χ2n) is 8.62. The number of nitrogens with zero attached hydrogens (tertiary/aromatic N) is 3. The molecule has 0 saturated heterocycles. The van der Waals surface area contributed by atoms with Crippen LogP contribution in [0.3, 0.4) is 0 Å². The minimum atomic E-state index is -0.863. The summed E-state index contributed by atoms with van der Waals surface area (Å²) < 4.78 is 29.8. The number of halogens is 2. The lowest BCUT2D eigenvalue weighted by atomic mass is 9.99. The van der Waals surface area contributed by atoms with Crippen molar-refractivity contribution < 1.29 is 18.4 Å². The number of anilines is 1. The number of hydrogen-bond donors (Lipinski definition) is 2. The highest BCUT2D eigenvalue weighted by molar-refractivity contribution is 6.14. The van der Waals surface area contributed by atoms with E-state index < -0.39 is 17.8 Å². The molecule has 9 heteroatoms. The molecule has 2 N–H and O–H groups in total. The van der Waals surface area contributed by atoms with E-state index >= 15 is 4.39 Å². The van der Waals surface area contributed by atoms with Gasteiger partial charge < -0.3 is 15.5 Å². The van der Waals surface area contributed by atoms with Gasteiger partial charge in [0.15, 0.2) is 11.8 Å². The van der Waals surface area contributed by atoms with E-state index in [1.165, 1.54) is 7.05 Å². The third-order valence-electron chi connectivity index (χ3n) is 6.32. The average Bonchev–Trinajstić information content (AvgIpc) is 3.70. The molecule has 0 aromatic heterocycles. The summed E-state index contributed by atoms with van der Waals surface area (Å²) in [6.07, 6.45) is 9.22. The zero-order chi connectivity index (χ0) is 23.8. The van der Waals surface area contributed by atoms with Crippen LogP contribution >= 0.6 is 0 Å². The third-order valence-corrected chi connectivity index (χ3v) is 6.32. The Morgan fingerprint density at radius 1 is 1.29 bits per heavy atom. The Morgan fingerprint density at radius 3 is 2.76 bits per heavy atom. The van der Waals surface area contributed by atoms with Crippen molar-refractivity contribution in [2.24, 2.45) is 15.9 Å². The molecule has 1 atom stereocenters. The highest BCUT2D eigenvalue weighted by Crippen LogP contribution is 2.41. The van der Waals surface area contributed by atoms with Crippen molar-refractivity contribution in [1.82, 2.24) is 10.2 Å². The molecule has 174 valence electrons. The number of amides is 1. The lowest BCUT2D eigenvalue weighted by molar-refractivity contribution is -0.120. The number of rotatable bonds is 4. The molecule has 7 nitrogen and oxygen atoms in total. The van der Waals surface area contributed by atoms with Gasteiger partial charge in [-0.3, -0.25) is 4.79 Å². The zero-order valence-electron chi connectivity index (χ0n) is 18.6. The van der Waals surface area contributed by atoms with E-state index in [9.17, 15) is 14.0 Å². The SMILES string of the molecule is CNC(=O)C1C=CC(=C2C=CN(Cc3ccc4c(c3F)NC(=C=O)C(C3CC3)=N4)CC2)C(F)=N1. The Kier molecular flexibility index (Phi) is 5.71. The van der Waals surface area contributed by atoms with E-state index in [4.69, 9.17) is 0 Å². The second-order valence-corrected chi connectivity index (χ2v) is 8.62. The Labute approximate surface area is 195 Å². The zero-order valence-corrected chi connectivity index (χ0v) is 18.6. The van der Waals surface area contributed by atoms with E-state index in [1.54, 1.807) is 36.6 Å². The lowest BCUT2D eigenvalue weighted by Gasteiger charge is -2.27. The first-order valence-corrected chi connectivity index (χ1v) is 11.2. The van der Waals surface area contributed by atoms with Crippen LogP contribution in [0.4, 0.5) is 20.2 Å². The van der Waals surface area contributed by atoms with Crippen LogP contribution in [0.15, 0.2) is 63.4 Å². The molecule has 0 radical (unpaired) electrons. The number of aliphatic imine (C=N–C) groups is 2. The van der Waals surface area contributed by atoms with Gasteiger partial charge in [0.1, 0.15) is 17.4 Å². The monoisotopic (exact) mass is 463 g/mol. The molecule has 1 unspecified atom stereocenters. The van der Waals surface area contributed by atoms with Crippen LogP contribution in [-0.4, -0.2) is 48.1 Å². The fourth-order valence-corrected chi connectivity index (χ4v) is 4.26. The maximum atomic E-state index is 15.3. The summed E-state index contributed by atoms with van der Waals surface area (Å²) in [7, 11) is 1.48. The van der Waals surface area contributed by atoms with Gasteiger partial charge in [-0.05, 0) is 49.3 Å².